The Kier molecular flexibility index (Phi) is 4.88. The second kappa shape index (κ2) is 7.57. The average molecular weight is 442 g/mol. The molecular formula is C20H20ClN7OS. The van der Waals surface area contributed by atoms with Gasteiger partial charge in [0.25, 0.3) is 0 Å². The van der Waals surface area contributed by atoms with Crippen molar-refractivity contribution in [2.75, 3.05) is 23.7 Å². The molecule has 10 heteroatoms. The van der Waals surface area contributed by atoms with E-state index in [9.17, 15) is 0 Å². The molecule has 0 aliphatic carbocycles. The summed E-state index contributed by atoms with van der Waals surface area (Å²) in [4.78, 5) is 11.3. The van der Waals surface area contributed by atoms with Gasteiger partial charge in [0.15, 0.2) is 0 Å². The maximum atomic E-state index is 6.54. The second-order valence-electron chi connectivity index (χ2n) is 7.38. The fourth-order valence-corrected chi connectivity index (χ4v) is 4.94. The highest BCUT2D eigenvalue weighted by Gasteiger charge is 2.48. The van der Waals surface area contributed by atoms with Gasteiger partial charge in [-0.25, -0.2) is 9.97 Å². The lowest BCUT2D eigenvalue weighted by atomic mass is 9.83. The number of piperidine rings is 1. The molecule has 4 N–H and O–H groups in total. The molecule has 2 aromatic heterocycles. The first kappa shape index (κ1) is 19.3. The van der Waals surface area contributed by atoms with Crippen molar-refractivity contribution in [1.29, 1.82) is 0 Å². The van der Waals surface area contributed by atoms with Crippen LogP contribution in [0.1, 0.15) is 24.4 Å². The van der Waals surface area contributed by atoms with Crippen molar-refractivity contribution >= 4 is 35.1 Å². The number of nitrogens with zero attached hydrogens (tertiary/aromatic N) is 5. The Morgan fingerprint density at radius 1 is 1.13 bits per heavy atom. The van der Waals surface area contributed by atoms with E-state index in [-0.39, 0.29) is 17.5 Å². The summed E-state index contributed by atoms with van der Waals surface area (Å²) in [6, 6.07) is 9.68. The Labute approximate surface area is 183 Å². The van der Waals surface area contributed by atoms with Crippen LogP contribution in [0.25, 0.3) is 0 Å². The quantitative estimate of drug-likeness (QED) is 0.632. The van der Waals surface area contributed by atoms with Crippen LogP contribution < -0.4 is 21.1 Å². The molecule has 4 heterocycles. The van der Waals surface area contributed by atoms with Gasteiger partial charge >= 0.3 is 0 Å². The van der Waals surface area contributed by atoms with E-state index >= 15 is 0 Å². The molecule has 0 amide bonds. The third-order valence-electron chi connectivity index (χ3n) is 5.65. The molecule has 0 bridgehead atoms. The maximum absolute atomic E-state index is 6.54. The van der Waals surface area contributed by atoms with Crippen LogP contribution in [-0.4, -0.2) is 38.9 Å². The highest BCUT2D eigenvalue weighted by Crippen LogP contribution is 2.47. The summed E-state index contributed by atoms with van der Waals surface area (Å²) >= 11 is 7.54. The highest BCUT2D eigenvalue weighted by atomic mass is 35.5. The summed E-state index contributed by atoms with van der Waals surface area (Å²) in [5, 5.41) is 9.64. The van der Waals surface area contributed by atoms with E-state index in [1.165, 1.54) is 11.8 Å². The molecule has 3 aromatic rings. The monoisotopic (exact) mass is 441 g/mol. The number of pyridine rings is 1. The van der Waals surface area contributed by atoms with E-state index in [4.69, 9.17) is 27.8 Å². The molecule has 1 fully saturated rings. The van der Waals surface area contributed by atoms with Crippen LogP contribution in [0.5, 0.6) is 5.75 Å². The Bertz CT molecular complexity index is 1070. The molecule has 1 atom stereocenters. The number of fused-ring (bicyclic) bond motifs is 1. The molecule has 154 valence electrons. The third-order valence-corrected chi connectivity index (χ3v) is 7.12. The van der Waals surface area contributed by atoms with Crippen LogP contribution in [0.2, 0.25) is 5.02 Å². The normalized spacial score (nSPS) is 19.5. The smallest absolute Gasteiger partial charge is 0.245 e. The van der Waals surface area contributed by atoms with E-state index in [0.717, 1.165) is 42.1 Å². The minimum atomic E-state index is -0.360. The number of hydrogen-bond donors (Lipinski definition) is 2. The largest absolute Gasteiger partial charge is 0.485 e. The molecular weight excluding hydrogens is 422 g/mol. The van der Waals surface area contributed by atoms with Crippen LogP contribution in [0, 0.1) is 0 Å². The number of ether oxygens (including phenoxy) is 1. The van der Waals surface area contributed by atoms with Crippen molar-refractivity contribution in [3.63, 3.8) is 0 Å². The number of nitrogen functional groups attached to an aromatic ring is 1. The van der Waals surface area contributed by atoms with Gasteiger partial charge in [0, 0.05) is 42.6 Å². The van der Waals surface area contributed by atoms with Gasteiger partial charge < -0.3 is 21.1 Å². The molecule has 1 saturated heterocycles. The van der Waals surface area contributed by atoms with E-state index in [0.29, 0.717) is 16.0 Å². The fourth-order valence-electron chi connectivity index (χ4n) is 3.98. The van der Waals surface area contributed by atoms with Gasteiger partial charge in [0.05, 0.1) is 17.3 Å². The lowest BCUT2D eigenvalue weighted by Gasteiger charge is -2.40. The summed E-state index contributed by atoms with van der Waals surface area (Å²) < 4.78 is 6.30. The number of rotatable bonds is 3. The summed E-state index contributed by atoms with van der Waals surface area (Å²) in [6.07, 6.45) is 4.90. The van der Waals surface area contributed by atoms with E-state index in [2.05, 4.69) is 25.1 Å². The topological polar surface area (TPSA) is 116 Å². The van der Waals surface area contributed by atoms with Gasteiger partial charge in [-0.3, -0.25) is 0 Å². The second-order valence-corrected chi connectivity index (χ2v) is 8.82. The predicted molar refractivity (Wildman–Crippen MR) is 116 cm³/mol. The van der Waals surface area contributed by atoms with Crippen molar-refractivity contribution in [1.82, 2.24) is 20.2 Å². The van der Waals surface area contributed by atoms with Gasteiger partial charge in [-0.1, -0.05) is 41.6 Å². The number of halogens is 1. The van der Waals surface area contributed by atoms with Crippen molar-refractivity contribution in [2.45, 2.75) is 34.4 Å². The van der Waals surface area contributed by atoms with Gasteiger partial charge in [0.2, 0.25) is 5.95 Å². The Balaban J connectivity index is 1.26. The molecule has 2 aliphatic heterocycles. The molecule has 0 radical (unpaired) electrons. The average Bonchev–Trinajstić information content (AvgIpc) is 3.04. The maximum Gasteiger partial charge on any atom is 0.245 e. The number of hydrogen-bond acceptors (Lipinski definition) is 9. The van der Waals surface area contributed by atoms with Crippen LogP contribution >= 0.6 is 23.4 Å². The van der Waals surface area contributed by atoms with Crippen molar-refractivity contribution in [2.24, 2.45) is 5.73 Å². The van der Waals surface area contributed by atoms with Crippen LogP contribution in [0.15, 0.2) is 52.6 Å². The summed E-state index contributed by atoms with van der Waals surface area (Å²) in [5.41, 5.74) is 13.0. The summed E-state index contributed by atoms with van der Waals surface area (Å²) in [6.45, 7) is 1.51. The SMILES string of the molecule is Nc1nccc(Sc2cnc(N3CCC4(CC3)Oc3ccccc3[C@H]4N)nn2)c1Cl. The minimum Gasteiger partial charge on any atom is -0.485 e. The van der Waals surface area contributed by atoms with E-state index < -0.39 is 0 Å². The number of benzene rings is 1. The third kappa shape index (κ3) is 3.32. The van der Waals surface area contributed by atoms with Crippen LogP contribution in [-0.2, 0) is 0 Å². The lowest BCUT2D eigenvalue weighted by Crippen LogP contribution is -2.51. The first-order valence-electron chi connectivity index (χ1n) is 9.62. The lowest BCUT2D eigenvalue weighted by molar-refractivity contribution is 0.0429. The van der Waals surface area contributed by atoms with Gasteiger partial charge in [0.1, 0.15) is 22.2 Å². The fraction of sp³-hybridized carbons (Fsp3) is 0.300. The van der Waals surface area contributed by atoms with Gasteiger partial charge in [-0.2, -0.15) is 0 Å². The van der Waals surface area contributed by atoms with Crippen LogP contribution in [0.4, 0.5) is 11.8 Å². The Morgan fingerprint density at radius 3 is 2.67 bits per heavy atom. The first-order chi connectivity index (χ1) is 14.6. The van der Waals surface area contributed by atoms with Crippen molar-refractivity contribution in [3.05, 3.63) is 53.3 Å². The summed E-state index contributed by atoms with van der Waals surface area (Å²) in [7, 11) is 0. The number of aromatic nitrogens is 4. The molecule has 1 aromatic carbocycles. The predicted octanol–water partition coefficient (Wildman–Crippen LogP) is 3.08. The van der Waals surface area contributed by atoms with Crippen molar-refractivity contribution < 1.29 is 4.74 Å². The first-order valence-corrected chi connectivity index (χ1v) is 10.8. The van der Waals surface area contributed by atoms with E-state index in [1.54, 1.807) is 18.5 Å². The highest BCUT2D eigenvalue weighted by molar-refractivity contribution is 7.99. The molecule has 8 nitrogen and oxygen atoms in total. The molecule has 5 rings (SSSR count). The minimum absolute atomic E-state index is 0.119. The zero-order valence-corrected chi connectivity index (χ0v) is 17.6. The molecule has 0 saturated carbocycles. The number of nitrogens with two attached hydrogens (primary N) is 2. The zero-order chi connectivity index (χ0) is 20.7. The number of para-hydroxylation sites is 1. The number of anilines is 2. The molecule has 2 aliphatic rings. The Morgan fingerprint density at radius 2 is 1.93 bits per heavy atom. The summed E-state index contributed by atoms with van der Waals surface area (Å²) in [5.74, 6) is 1.78. The molecule has 1 spiro atoms. The van der Waals surface area contributed by atoms with Crippen molar-refractivity contribution in [3.8, 4) is 5.75 Å². The Hall–Kier alpha value is -2.62. The molecule has 0 unspecified atom stereocenters. The van der Waals surface area contributed by atoms with Gasteiger partial charge in [-0.05, 0) is 12.1 Å². The zero-order valence-electron chi connectivity index (χ0n) is 16.0. The van der Waals surface area contributed by atoms with E-state index in [1.807, 2.05) is 24.3 Å². The van der Waals surface area contributed by atoms with Gasteiger partial charge in [-0.15, -0.1) is 10.2 Å². The molecule has 30 heavy (non-hydrogen) atoms. The standard InChI is InChI=1S/C20H20ClN7OS/c21-16-14(5-8-24-18(16)23)30-15-11-25-19(27-26-15)28-9-6-20(7-10-28)17(22)12-3-1-2-4-13(12)29-20/h1-5,8,11,17H,6-7,9-10,22H2,(H2,23,24)/t17-/m1/s1. The van der Waals surface area contributed by atoms with Crippen LogP contribution in [0.3, 0.4) is 0 Å².